The van der Waals surface area contributed by atoms with Gasteiger partial charge in [-0.3, -0.25) is 9.69 Å². The fourth-order valence-corrected chi connectivity index (χ4v) is 2.80. The van der Waals surface area contributed by atoms with E-state index in [2.05, 4.69) is 0 Å². The number of fused-ring (bicyclic) bond motifs is 1. The third kappa shape index (κ3) is 1.52. The number of nitrogens with zero attached hydrogens (tertiary/aromatic N) is 1. The van der Waals surface area contributed by atoms with Crippen LogP contribution in [0, 0.1) is 0 Å². The summed E-state index contributed by atoms with van der Waals surface area (Å²) in [6.07, 6.45) is 3.96. The Labute approximate surface area is 90.2 Å². The molecule has 1 fully saturated rings. The van der Waals surface area contributed by atoms with Crippen molar-refractivity contribution in [1.29, 1.82) is 0 Å². The van der Waals surface area contributed by atoms with E-state index >= 15 is 0 Å². The fourth-order valence-electron chi connectivity index (χ4n) is 1.45. The van der Waals surface area contributed by atoms with Gasteiger partial charge >= 0.3 is 5.97 Å². The molecular weight excluding hydrogens is 222 g/mol. The number of amides is 1. The number of hydrogen-bond donors (Lipinski definition) is 0. The highest BCUT2D eigenvalue weighted by molar-refractivity contribution is 8.00. The summed E-state index contributed by atoms with van der Waals surface area (Å²) in [7, 11) is 0. The van der Waals surface area contributed by atoms with Crippen LogP contribution in [0.1, 0.15) is 6.42 Å². The van der Waals surface area contributed by atoms with Crippen LogP contribution in [0.5, 0.6) is 0 Å². The number of hydrogen-bond acceptors (Lipinski definition) is 5. The molecule has 0 aliphatic carbocycles. The molecule has 2 heterocycles. The molecule has 0 bridgehead atoms. The van der Waals surface area contributed by atoms with Gasteiger partial charge in [-0.05, 0) is 6.08 Å². The highest BCUT2D eigenvalue weighted by Crippen LogP contribution is 2.37. The summed E-state index contributed by atoms with van der Waals surface area (Å²) in [5, 5.41) is 0.150. The first-order chi connectivity index (χ1) is 6.74. The molecule has 2 aliphatic heterocycles. The molecule has 2 rings (SSSR count). The van der Waals surface area contributed by atoms with Crippen LogP contribution in [0.3, 0.4) is 0 Å². The van der Waals surface area contributed by atoms with E-state index < -0.39 is 5.97 Å². The van der Waals surface area contributed by atoms with Crippen molar-refractivity contribution in [2.75, 3.05) is 12.0 Å². The lowest BCUT2D eigenvalue weighted by Gasteiger charge is -2.42. The first-order valence-electron chi connectivity index (χ1n) is 4.13. The number of β-lactam (4-membered cyclic amide) rings is 1. The van der Waals surface area contributed by atoms with E-state index in [9.17, 15) is 9.59 Å². The van der Waals surface area contributed by atoms with Gasteiger partial charge in [0, 0.05) is 12.0 Å². The summed E-state index contributed by atoms with van der Waals surface area (Å²) >= 11 is 2.67. The molecule has 1 atom stereocenters. The zero-order valence-corrected chi connectivity index (χ0v) is 9.19. The van der Waals surface area contributed by atoms with Crippen LogP contribution in [0.4, 0.5) is 0 Å². The van der Waals surface area contributed by atoms with Gasteiger partial charge in [-0.25, -0.2) is 4.79 Å². The lowest BCUT2D eigenvalue weighted by Crippen LogP contribution is -2.53. The topological polar surface area (TPSA) is 46.6 Å². The standard InChI is InChI=1S/C8H9NO3S2/c1-13-12-8(11)5-2-3-14-7-4-6(10)9(5)7/h2,7H,3-4H2,1H3. The Morgan fingerprint density at radius 3 is 3.21 bits per heavy atom. The molecule has 0 aromatic carbocycles. The van der Waals surface area contributed by atoms with Crippen LogP contribution in [0.25, 0.3) is 0 Å². The smallest absolute Gasteiger partial charge is 0.366 e. The Bertz CT molecular complexity index is 316. The maximum Gasteiger partial charge on any atom is 0.366 e. The maximum absolute atomic E-state index is 11.4. The van der Waals surface area contributed by atoms with Gasteiger partial charge < -0.3 is 4.18 Å². The summed E-state index contributed by atoms with van der Waals surface area (Å²) in [6.45, 7) is 0. The molecule has 0 spiro atoms. The lowest BCUT2D eigenvalue weighted by molar-refractivity contribution is -0.144. The Morgan fingerprint density at radius 1 is 1.79 bits per heavy atom. The van der Waals surface area contributed by atoms with Gasteiger partial charge in [0.25, 0.3) is 0 Å². The van der Waals surface area contributed by atoms with Crippen molar-refractivity contribution in [3.63, 3.8) is 0 Å². The number of carbonyl (C=O) groups excluding carboxylic acids is 2. The molecule has 0 aromatic heterocycles. The van der Waals surface area contributed by atoms with Gasteiger partial charge in [0.1, 0.15) is 5.70 Å². The van der Waals surface area contributed by atoms with Gasteiger partial charge in [0.15, 0.2) is 0 Å². The van der Waals surface area contributed by atoms with Gasteiger partial charge in [-0.2, -0.15) is 0 Å². The summed E-state index contributed by atoms with van der Waals surface area (Å²) < 4.78 is 4.79. The van der Waals surface area contributed by atoms with Gasteiger partial charge in [0.2, 0.25) is 5.91 Å². The highest BCUT2D eigenvalue weighted by atomic mass is 32.2. The molecule has 0 N–H and O–H groups in total. The molecule has 0 radical (unpaired) electrons. The predicted octanol–water partition coefficient (Wildman–Crippen LogP) is 0.997. The number of carbonyl (C=O) groups is 2. The molecule has 0 aromatic rings. The average molecular weight is 231 g/mol. The minimum atomic E-state index is -0.421. The normalized spacial score (nSPS) is 24.9. The molecule has 1 unspecified atom stereocenters. The summed E-state index contributed by atoms with van der Waals surface area (Å²) in [5.41, 5.74) is 0.402. The zero-order valence-electron chi connectivity index (χ0n) is 7.56. The third-order valence-electron chi connectivity index (χ3n) is 2.10. The molecule has 0 saturated carbocycles. The quantitative estimate of drug-likeness (QED) is 0.524. The minimum Gasteiger partial charge on any atom is -0.387 e. The Hall–Kier alpha value is -0.620. The molecule has 6 heteroatoms. The summed E-state index contributed by atoms with van der Waals surface area (Å²) in [4.78, 5) is 24.2. The fraction of sp³-hybridized carbons (Fsp3) is 0.500. The molecule has 1 amide bonds. The van der Waals surface area contributed by atoms with E-state index in [0.29, 0.717) is 12.1 Å². The van der Waals surface area contributed by atoms with Crippen molar-refractivity contribution in [2.24, 2.45) is 0 Å². The zero-order chi connectivity index (χ0) is 10.1. The summed E-state index contributed by atoms with van der Waals surface area (Å²) in [6, 6.07) is 0. The molecule has 76 valence electrons. The van der Waals surface area contributed by atoms with E-state index in [4.69, 9.17) is 4.18 Å². The Morgan fingerprint density at radius 2 is 2.57 bits per heavy atom. The number of thioether (sulfide) groups is 1. The molecule has 1 saturated heterocycles. The second-order valence-electron chi connectivity index (χ2n) is 2.88. The van der Waals surface area contributed by atoms with E-state index in [1.54, 1.807) is 24.1 Å². The van der Waals surface area contributed by atoms with Gasteiger partial charge in [-0.1, -0.05) is 0 Å². The highest BCUT2D eigenvalue weighted by Gasteiger charge is 2.43. The van der Waals surface area contributed by atoms with Crippen LogP contribution < -0.4 is 0 Å². The van der Waals surface area contributed by atoms with Crippen LogP contribution in [0.2, 0.25) is 0 Å². The van der Waals surface area contributed by atoms with Crippen LogP contribution >= 0.6 is 23.8 Å². The lowest BCUT2D eigenvalue weighted by atomic mass is 10.1. The predicted molar refractivity (Wildman–Crippen MR) is 55.4 cm³/mol. The first-order valence-corrected chi connectivity index (χ1v) is 6.32. The van der Waals surface area contributed by atoms with E-state index in [1.807, 2.05) is 0 Å². The van der Waals surface area contributed by atoms with Crippen molar-refractivity contribution in [3.8, 4) is 0 Å². The van der Waals surface area contributed by atoms with Crippen LogP contribution in [-0.2, 0) is 13.8 Å². The Balaban J connectivity index is 2.13. The maximum atomic E-state index is 11.4. The first kappa shape index (κ1) is 9.92. The number of rotatable bonds is 2. The minimum absolute atomic E-state index is 0.00602. The van der Waals surface area contributed by atoms with E-state index in [1.165, 1.54) is 4.90 Å². The van der Waals surface area contributed by atoms with Crippen molar-refractivity contribution in [3.05, 3.63) is 11.8 Å². The molecule has 14 heavy (non-hydrogen) atoms. The second kappa shape index (κ2) is 3.86. The van der Waals surface area contributed by atoms with Crippen LogP contribution in [-0.4, -0.2) is 34.2 Å². The van der Waals surface area contributed by atoms with Crippen molar-refractivity contribution < 1.29 is 13.8 Å². The van der Waals surface area contributed by atoms with Crippen molar-refractivity contribution in [1.82, 2.24) is 4.90 Å². The SMILES string of the molecule is CSOC(=O)C1=CCSC2CC(=O)N12. The molecular formula is C8H9NO3S2. The van der Waals surface area contributed by atoms with Gasteiger partial charge in [-0.15, -0.1) is 11.8 Å². The summed E-state index contributed by atoms with van der Waals surface area (Å²) in [5.74, 6) is 0.357. The van der Waals surface area contributed by atoms with E-state index in [-0.39, 0.29) is 11.3 Å². The van der Waals surface area contributed by atoms with Crippen LogP contribution in [0.15, 0.2) is 11.8 Å². The Kier molecular flexibility index (Phi) is 2.73. The van der Waals surface area contributed by atoms with Crippen molar-refractivity contribution >= 4 is 35.7 Å². The third-order valence-corrected chi connectivity index (χ3v) is 3.54. The largest absolute Gasteiger partial charge is 0.387 e. The average Bonchev–Trinajstić information content (AvgIpc) is 2.16. The molecule has 2 aliphatic rings. The second-order valence-corrected chi connectivity index (χ2v) is 4.59. The van der Waals surface area contributed by atoms with Crippen molar-refractivity contribution in [2.45, 2.75) is 11.8 Å². The van der Waals surface area contributed by atoms with E-state index in [0.717, 1.165) is 17.8 Å². The van der Waals surface area contributed by atoms with Gasteiger partial charge in [0.05, 0.1) is 23.8 Å². The molecule has 4 nitrogen and oxygen atoms in total. The monoisotopic (exact) mass is 231 g/mol.